The van der Waals surface area contributed by atoms with Gasteiger partial charge in [0.1, 0.15) is 0 Å². The Bertz CT molecular complexity index is 2280. The largest absolute Gasteiger partial charge is 0.465 e. The molecule has 0 aliphatic carbocycles. The highest BCUT2D eigenvalue weighted by atomic mass is 32.2. The molecule has 0 aliphatic heterocycles. The van der Waals surface area contributed by atoms with E-state index < -0.39 is 31.4 Å². The molecule has 6 rings (SSSR count). The number of nitrogens with zero attached hydrogens (tertiary/aromatic N) is 3. The van der Waals surface area contributed by atoms with Crippen LogP contribution in [-0.2, 0) is 42.4 Å². The summed E-state index contributed by atoms with van der Waals surface area (Å²) in [6, 6.07) is 29.0. The Morgan fingerprint density at radius 1 is 0.688 bits per heavy atom. The van der Waals surface area contributed by atoms with E-state index in [4.69, 9.17) is 4.74 Å². The zero-order chi connectivity index (χ0) is 34.3. The molecule has 11 heteroatoms. The summed E-state index contributed by atoms with van der Waals surface area (Å²) in [6.07, 6.45) is 2.53. The fraction of sp³-hybridized carbons (Fsp3) is 0.189. The lowest BCUT2D eigenvalue weighted by Gasteiger charge is -2.24. The molecule has 0 saturated carbocycles. The predicted octanol–water partition coefficient (Wildman–Crippen LogP) is 6.55. The predicted molar refractivity (Wildman–Crippen MR) is 183 cm³/mol. The van der Waals surface area contributed by atoms with Crippen LogP contribution in [0.4, 0.5) is 0 Å². The van der Waals surface area contributed by atoms with E-state index >= 15 is 0 Å². The molecule has 0 bridgehead atoms. The zero-order valence-corrected chi connectivity index (χ0v) is 28.3. The standard InChI is InChI=1S/C37H33N3O6S2/c1-4-46-36(41)37(25-38,21-28-23-39(34-11-7-5-9-32(28)34)47(42,43)30-17-13-26(2)14-18-30)22-29-24-40(35-12-8-6-10-33(29)35)48(44,45)31-19-15-27(3)16-20-31/h5-20,23-24H,4,21-22H2,1-3H3. The highest BCUT2D eigenvalue weighted by Gasteiger charge is 2.43. The van der Waals surface area contributed by atoms with Crippen LogP contribution in [0.25, 0.3) is 21.8 Å². The molecule has 0 fully saturated rings. The highest BCUT2D eigenvalue weighted by Crippen LogP contribution is 2.37. The molecule has 0 unspecified atom stereocenters. The highest BCUT2D eigenvalue weighted by molar-refractivity contribution is 7.90. The minimum Gasteiger partial charge on any atom is -0.465 e. The van der Waals surface area contributed by atoms with Gasteiger partial charge in [-0.3, -0.25) is 4.79 Å². The number of carbonyl (C=O) groups excluding carboxylic acids is 1. The monoisotopic (exact) mass is 679 g/mol. The molecule has 0 saturated heterocycles. The second-order valence-corrected chi connectivity index (χ2v) is 15.5. The third-order valence-corrected chi connectivity index (χ3v) is 11.9. The number of carbonyl (C=O) groups is 1. The van der Waals surface area contributed by atoms with Gasteiger partial charge in [-0.05, 0) is 68.3 Å². The van der Waals surface area contributed by atoms with E-state index in [2.05, 4.69) is 6.07 Å². The molecule has 9 nitrogen and oxygen atoms in total. The van der Waals surface area contributed by atoms with Crippen LogP contribution >= 0.6 is 0 Å². The van der Waals surface area contributed by atoms with Gasteiger partial charge in [-0.25, -0.2) is 24.8 Å². The van der Waals surface area contributed by atoms with Crippen molar-refractivity contribution in [3.8, 4) is 6.07 Å². The minimum atomic E-state index is -4.04. The van der Waals surface area contributed by atoms with E-state index in [-0.39, 0.29) is 29.2 Å². The normalized spacial score (nSPS) is 12.3. The number of rotatable bonds is 10. The number of nitriles is 1. The van der Waals surface area contributed by atoms with E-state index in [1.165, 1.54) is 44.6 Å². The van der Waals surface area contributed by atoms with Crippen molar-refractivity contribution in [1.29, 1.82) is 5.26 Å². The Balaban J connectivity index is 1.49. The first-order chi connectivity index (χ1) is 22.9. The van der Waals surface area contributed by atoms with Crippen molar-refractivity contribution in [2.75, 3.05) is 6.61 Å². The lowest BCUT2D eigenvalue weighted by Crippen LogP contribution is -2.36. The summed E-state index contributed by atoms with van der Waals surface area (Å²) in [6.45, 7) is 5.38. The van der Waals surface area contributed by atoms with Crippen molar-refractivity contribution >= 4 is 47.8 Å². The molecular formula is C37H33N3O6S2. The van der Waals surface area contributed by atoms with Crippen molar-refractivity contribution in [2.24, 2.45) is 5.41 Å². The average Bonchev–Trinajstić information content (AvgIpc) is 3.64. The molecule has 0 amide bonds. The van der Waals surface area contributed by atoms with E-state index in [9.17, 15) is 26.9 Å². The van der Waals surface area contributed by atoms with Gasteiger partial charge in [-0.1, -0.05) is 71.8 Å². The van der Waals surface area contributed by atoms with Crippen molar-refractivity contribution in [3.05, 3.63) is 132 Å². The number of para-hydroxylation sites is 2. The molecule has 244 valence electrons. The summed E-state index contributed by atoms with van der Waals surface area (Å²) in [4.78, 5) is 14.0. The molecule has 0 aliphatic rings. The number of ether oxygens (including phenoxy) is 1. The first-order valence-electron chi connectivity index (χ1n) is 15.3. The number of esters is 1. The van der Waals surface area contributed by atoms with Gasteiger partial charge in [-0.15, -0.1) is 0 Å². The van der Waals surface area contributed by atoms with Gasteiger partial charge in [0.25, 0.3) is 20.0 Å². The Hall–Kier alpha value is -5.18. The lowest BCUT2D eigenvalue weighted by molar-refractivity contribution is -0.151. The second kappa shape index (κ2) is 12.4. The summed E-state index contributed by atoms with van der Waals surface area (Å²) in [7, 11) is -8.07. The first-order valence-corrected chi connectivity index (χ1v) is 18.2. The Morgan fingerprint density at radius 2 is 1.08 bits per heavy atom. The van der Waals surface area contributed by atoms with Crippen LogP contribution in [0, 0.1) is 30.6 Å². The van der Waals surface area contributed by atoms with Gasteiger partial charge >= 0.3 is 5.97 Å². The number of hydrogen-bond donors (Lipinski definition) is 0. The van der Waals surface area contributed by atoms with Gasteiger partial charge in [0.2, 0.25) is 0 Å². The second-order valence-electron chi connectivity index (χ2n) is 11.8. The van der Waals surface area contributed by atoms with Gasteiger partial charge in [0.15, 0.2) is 5.41 Å². The molecule has 2 aromatic heterocycles. The number of aryl methyl sites for hydroxylation is 2. The molecule has 0 radical (unpaired) electrons. The van der Waals surface area contributed by atoms with Gasteiger partial charge < -0.3 is 4.74 Å². The number of hydrogen-bond acceptors (Lipinski definition) is 7. The van der Waals surface area contributed by atoms with Crippen LogP contribution in [0.5, 0.6) is 0 Å². The minimum absolute atomic E-state index is 0.00931. The summed E-state index contributed by atoms with van der Waals surface area (Å²) >= 11 is 0. The number of aromatic nitrogens is 2. The van der Waals surface area contributed by atoms with Gasteiger partial charge in [0, 0.05) is 36.0 Å². The molecule has 0 N–H and O–H groups in total. The van der Waals surface area contributed by atoms with E-state index in [1.807, 2.05) is 13.8 Å². The van der Waals surface area contributed by atoms with Crippen molar-refractivity contribution in [3.63, 3.8) is 0 Å². The molecule has 48 heavy (non-hydrogen) atoms. The summed E-state index contributed by atoms with van der Waals surface area (Å²) in [5, 5.41) is 11.9. The third kappa shape index (κ3) is 5.67. The quantitative estimate of drug-likeness (QED) is 0.150. The topological polar surface area (TPSA) is 128 Å². The van der Waals surface area contributed by atoms with Gasteiger partial charge in [-0.2, -0.15) is 5.26 Å². The van der Waals surface area contributed by atoms with E-state index in [0.717, 1.165) is 11.1 Å². The SMILES string of the molecule is CCOC(=O)C(C#N)(Cc1cn(S(=O)(=O)c2ccc(C)cc2)c2ccccc12)Cc1cn(S(=O)(=O)c2ccc(C)cc2)c2ccccc12. The molecule has 6 aromatic rings. The molecular weight excluding hydrogens is 647 g/mol. The first kappa shape index (κ1) is 32.7. The maximum absolute atomic E-state index is 13.9. The molecule has 0 spiro atoms. The third-order valence-electron chi connectivity index (χ3n) is 8.54. The van der Waals surface area contributed by atoms with Crippen LogP contribution < -0.4 is 0 Å². The smallest absolute Gasteiger partial charge is 0.327 e. The Labute approximate surface area is 279 Å². The Kier molecular flexibility index (Phi) is 8.49. The maximum atomic E-state index is 13.9. The molecule has 4 aromatic carbocycles. The average molecular weight is 680 g/mol. The van der Waals surface area contributed by atoms with Crippen LogP contribution in [0.3, 0.4) is 0 Å². The van der Waals surface area contributed by atoms with Gasteiger partial charge in [0.05, 0.1) is 33.5 Å². The van der Waals surface area contributed by atoms with Crippen LogP contribution in [0.1, 0.15) is 29.2 Å². The zero-order valence-electron chi connectivity index (χ0n) is 26.6. The fourth-order valence-corrected chi connectivity index (χ4v) is 8.80. The Morgan fingerprint density at radius 3 is 1.46 bits per heavy atom. The molecule has 2 heterocycles. The van der Waals surface area contributed by atoms with Crippen molar-refractivity contribution in [2.45, 2.75) is 43.4 Å². The summed E-state index contributed by atoms with van der Waals surface area (Å²) in [5.74, 6) is -0.788. The maximum Gasteiger partial charge on any atom is 0.327 e. The fourth-order valence-electron chi connectivity index (χ4n) is 6.01. The number of benzene rings is 4. The van der Waals surface area contributed by atoms with Crippen LogP contribution in [0.2, 0.25) is 0 Å². The van der Waals surface area contributed by atoms with E-state index in [0.29, 0.717) is 32.9 Å². The molecule has 0 atom stereocenters. The van der Waals surface area contributed by atoms with Crippen LogP contribution in [0.15, 0.2) is 119 Å². The van der Waals surface area contributed by atoms with Crippen molar-refractivity contribution in [1.82, 2.24) is 7.94 Å². The summed E-state index contributed by atoms with van der Waals surface area (Å²) in [5.41, 5.74) is 1.68. The van der Waals surface area contributed by atoms with E-state index in [1.54, 1.807) is 79.7 Å². The number of fused-ring (bicyclic) bond motifs is 2. The lowest BCUT2D eigenvalue weighted by atomic mass is 9.77. The van der Waals surface area contributed by atoms with Crippen molar-refractivity contribution < 1.29 is 26.4 Å². The summed E-state index contributed by atoms with van der Waals surface area (Å²) < 4.78 is 63.3. The van der Waals surface area contributed by atoms with Crippen LogP contribution in [-0.4, -0.2) is 37.4 Å².